The number of rotatable bonds is 9. The molecule has 5 heteroatoms. The zero-order valence-corrected chi connectivity index (χ0v) is 17.1. The molecule has 0 unspecified atom stereocenters. The van der Waals surface area contributed by atoms with E-state index in [1.807, 2.05) is 6.07 Å². The van der Waals surface area contributed by atoms with E-state index in [0.717, 1.165) is 55.7 Å². The molecule has 1 aliphatic heterocycles. The van der Waals surface area contributed by atoms with E-state index in [2.05, 4.69) is 58.1 Å². The van der Waals surface area contributed by atoms with Crippen molar-refractivity contribution in [3.63, 3.8) is 0 Å². The van der Waals surface area contributed by atoms with E-state index in [-0.39, 0.29) is 0 Å². The normalized spacial score (nSPS) is 18.1. The van der Waals surface area contributed by atoms with Gasteiger partial charge in [-0.1, -0.05) is 19.1 Å². The van der Waals surface area contributed by atoms with Crippen LogP contribution in [0.3, 0.4) is 0 Å². The highest BCUT2D eigenvalue weighted by molar-refractivity contribution is 5.28. The molecule has 1 aromatic carbocycles. The van der Waals surface area contributed by atoms with Gasteiger partial charge in [-0.15, -0.1) is 0 Å². The van der Waals surface area contributed by atoms with Gasteiger partial charge < -0.3 is 9.64 Å². The van der Waals surface area contributed by atoms with Crippen molar-refractivity contribution in [2.24, 2.45) is 5.92 Å². The Morgan fingerprint density at radius 2 is 2.22 bits per heavy atom. The average Bonchev–Trinajstić information content (AvgIpc) is 3.11. The van der Waals surface area contributed by atoms with Gasteiger partial charge in [0.15, 0.2) is 0 Å². The molecule has 1 N–H and O–H groups in total. The lowest BCUT2D eigenvalue weighted by Crippen LogP contribution is -2.41. The molecule has 0 radical (unpaired) electrons. The number of aromatic nitrogens is 2. The van der Waals surface area contributed by atoms with E-state index in [4.69, 9.17) is 4.74 Å². The third kappa shape index (κ3) is 6.08. The largest absolute Gasteiger partial charge is 0.497 e. The molecule has 5 nitrogen and oxygen atoms in total. The third-order valence-corrected chi connectivity index (χ3v) is 5.56. The van der Waals surface area contributed by atoms with E-state index in [0.29, 0.717) is 0 Å². The summed E-state index contributed by atoms with van der Waals surface area (Å²) in [5.74, 6) is 1.71. The standard InChI is InChI=1S/C22H34N4O/c1-4-25(17-21-13-18(2)23-24-21)15-20-8-6-11-26(16-20)12-10-19-7-5-9-22(14-19)27-3/h5,7,9,13-14,20H,4,6,8,10-12,15-17H2,1-3H3,(H,23,24)/t20-/m1/s1. The minimum Gasteiger partial charge on any atom is -0.497 e. The molecule has 0 spiro atoms. The molecule has 1 aromatic heterocycles. The lowest BCUT2D eigenvalue weighted by Gasteiger charge is -2.35. The molecule has 0 saturated carbocycles. The molecule has 1 saturated heterocycles. The summed E-state index contributed by atoms with van der Waals surface area (Å²) in [7, 11) is 1.73. The van der Waals surface area contributed by atoms with Crippen LogP contribution in [-0.2, 0) is 13.0 Å². The monoisotopic (exact) mass is 370 g/mol. The summed E-state index contributed by atoms with van der Waals surface area (Å²) in [4.78, 5) is 5.17. The highest BCUT2D eigenvalue weighted by Crippen LogP contribution is 2.20. The molecule has 0 amide bonds. The SMILES string of the molecule is CCN(Cc1cc(C)[nH]n1)C[C@H]1CCCN(CCc2cccc(OC)c2)C1. The maximum atomic E-state index is 5.34. The number of aromatic amines is 1. The maximum Gasteiger partial charge on any atom is 0.119 e. The molecule has 3 rings (SSSR count). The van der Waals surface area contributed by atoms with Crippen LogP contribution in [0.1, 0.15) is 36.7 Å². The number of ether oxygens (including phenoxy) is 1. The van der Waals surface area contributed by atoms with Gasteiger partial charge in [-0.25, -0.2) is 0 Å². The Morgan fingerprint density at radius 1 is 1.33 bits per heavy atom. The van der Waals surface area contributed by atoms with Crippen molar-refractivity contribution < 1.29 is 4.74 Å². The number of piperidine rings is 1. The second-order valence-corrected chi connectivity index (χ2v) is 7.78. The zero-order chi connectivity index (χ0) is 19.1. The number of benzene rings is 1. The lowest BCUT2D eigenvalue weighted by atomic mass is 9.96. The van der Waals surface area contributed by atoms with Gasteiger partial charge in [-0.05, 0) is 69.0 Å². The van der Waals surface area contributed by atoms with Crippen molar-refractivity contribution in [3.8, 4) is 5.75 Å². The fraction of sp³-hybridized carbons (Fsp3) is 0.591. The summed E-state index contributed by atoms with van der Waals surface area (Å²) in [6, 6.07) is 10.6. The van der Waals surface area contributed by atoms with Gasteiger partial charge in [0.1, 0.15) is 5.75 Å². The molecule has 1 fully saturated rings. The Hall–Kier alpha value is -1.85. The van der Waals surface area contributed by atoms with Gasteiger partial charge in [0, 0.05) is 31.9 Å². The van der Waals surface area contributed by atoms with Crippen molar-refractivity contribution in [1.82, 2.24) is 20.0 Å². The quantitative estimate of drug-likeness (QED) is 0.734. The predicted molar refractivity (Wildman–Crippen MR) is 110 cm³/mol. The second kappa shape index (κ2) is 9.90. The number of aryl methyl sites for hydroxylation is 1. The number of methoxy groups -OCH3 is 1. The first-order valence-electron chi connectivity index (χ1n) is 10.2. The number of nitrogens with zero attached hydrogens (tertiary/aromatic N) is 3. The summed E-state index contributed by atoms with van der Waals surface area (Å²) >= 11 is 0. The minimum atomic E-state index is 0.754. The Labute approximate surface area is 163 Å². The molecule has 148 valence electrons. The average molecular weight is 371 g/mol. The van der Waals surface area contributed by atoms with Crippen LogP contribution in [0.4, 0.5) is 0 Å². The highest BCUT2D eigenvalue weighted by Gasteiger charge is 2.22. The van der Waals surface area contributed by atoms with E-state index in [9.17, 15) is 0 Å². The number of hydrogen-bond acceptors (Lipinski definition) is 4. The number of nitrogens with one attached hydrogen (secondary N) is 1. The Balaban J connectivity index is 1.47. The van der Waals surface area contributed by atoms with Crippen LogP contribution in [0.15, 0.2) is 30.3 Å². The van der Waals surface area contributed by atoms with Gasteiger partial charge in [-0.2, -0.15) is 5.10 Å². The van der Waals surface area contributed by atoms with Gasteiger partial charge in [0.05, 0.1) is 12.8 Å². The fourth-order valence-corrected chi connectivity index (χ4v) is 4.07. The van der Waals surface area contributed by atoms with Crippen LogP contribution in [0.2, 0.25) is 0 Å². The first-order valence-corrected chi connectivity index (χ1v) is 10.2. The molecule has 2 heterocycles. The van der Waals surface area contributed by atoms with Crippen LogP contribution >= 0.6 is 0 Å². The summed E-state index contributed by atoms with van der Waals surface area (Å²) in [5.41, 5.74) is 3.66. The van der Waals surface area contributed by atoms with Gasteiger partial charge in [-0.3, -0.25) is 10.00 Å². The van der Waals surface area contributed by atoms with E-state index in [1.54, 1.807) is 7.11 Å². The van der Waals surface area contributed by atoms with Gasteiger partial charge >= 0.3 is 0 Å². The second-order valence-electron chi connectivity index (χ2n) is 7.78. The van der Waals surface area contributed by atoms with Crippen molar-refractivity contribution in [1.29, 1.82) is 0 Å². The zero-order valence-electron chi connectivity index (χ0n) is 17.1. The molecule has 27 heavy (non-hydrogen) atoms. The highest BCUT2D eigenvalue weighted by atomic mass is 16.5. The number of likely N-dealkylation sites (tertiary alicyclic amines) is 1. The molecule has 0 bridgehead atoms. The molecular formula is C22H34N4O. The Kier molecular flexibility index (Phi) is 7.30. The summed E-state index contributed by atoms with van der Waals surface area (Å²) < 4.78 is 5.34. The van der Waals surface area contributed by atoms with Crippen LogP contribution in [0.25, 0.3) is 0 Å². The molecule has 1 atom stereocenters. The van der Waals surface area contributed by atoms with Crippen molar-refractivity contribution in [2.75, 3.05) is 39.8 Å². The number of H-pyrrole nitrogens is 1. The van der Waals surface area contributed by atoms with Crippen LogP contribution < -0.4 is 4.74 Å². The topological polar surface area (TPSA) is 44.4 Å². The minimum absolute atomic E-state index is 0.754. The third-order valence-electron chi connectivity index (χ3n) is 5.56. The van der Waals surface area contributed by atoms with E-state index >= 15 is 0 Å². The lowest BCUT2D eigenvalue weighted by molar-refractivity contribution is 0.132. The maximum absolute atomic E-state index is 5.34. The van der Waals surface area contributed by atoms with Crippen molar-refractivity contribution in [2.45, 2.75) is 39.7 Å². The van der Waals surface area contributed by atoms with E-state index in [1.165, 1.54) is 31.5 Å². The van der Waals surface area contributed by atoms with Crippen LogP contribution in [0, 0.1) is 12.8 Å². The van der Waals surface area contributed by atoms with Crippen molar-refractivity contribution in [3.05, 3.63) is 47.3 Å². The smallest absolute Gasteiger partial charge is 0.119 e. The molecule has 1 aliphatic rings. The summed E-state index contributed by atoms with van der Waals surface area (Å²) in [6.07, 6.45) is 3.74. The summed E-state index contributed by atoms with van der Waals surface area (Å²) in [6.45, 7) is 11.1. The molecule has 0 aliphatic carbocycles. The molecule has 2 aromatic rings. The Morgan fingerprint density at radius 3 is 2.96 bits per heavy atom. The van der Waals surface area contributed by atoms with E-state index < -0.39 is 0 Å². The number of hydrogen-bond donors (Lipinski definition) is 1. The predicted octanol–water partition coefficient (Wildman–Crippen LogP) is 3.50. The van der Waals surface area contributed by atoms with Crippen molar-refractivity contribution >= 4 is 0 Å². The first kappa shape index (κ1) is 19.9. The fourth-order valence-electron chi connectivity index (χ4n) is 4.07. The van der Waals surface area contributed by atoms with Gasteiger partial charge in [0.25, 0.3) is 0 Å². The van der Waals surface area contributed by atoms with Gasteiger partial charge in [0.2, 0.25) is 0 Å². The Bertz CT molecular complexity index is 699. The summed E-state index contributed by atoms with van der Waals surface area (Å²) in [5, 5.41) is 7.46. The molecular weight excluding hydrogens is 336 g/mol. The van der Waals surface area contributed by atoms with Crippen LogP contribution in [-0.4, -0.2) is 59.8 Å². The first-order chi connectivity index (χ1) is 13.2. The van der Waals surface area contributed by atoms with Crippen LogP contribution in [0.5, 0.6) is 5.75 Å².